The van der Waals surface area contributed by atoms with Crippen LogP contribution in [0.3, 0.4) is 0 Å². The number of benzene rings is 2. The highest BCUT2D eigenvalue weighted by molar-refractivity contribution is 6.42. The van der Waals surface area contributed by atoms with E-state index in [2.05, 4.69) is 5.10 Å². The van der Waals surface area contributed by atoms with Crippen LogP contribution in [0.15, 0.2) is 52.2 Å². The molecule has 0 fully saturated rings. The molecule has 26 heavy (non-hydrogen) atoms. The molecule has 1 aromatic heterocycles. The highest BCUT2D eigenvalue weighted by Gasteiger charge is 2.10. The van der Waals surface area contributed by atoms with Crippen LogP contribution in [-0.4, -0.2) is 14.3 Å². The first-order chi connectivity index (χ1) is 12.3. The van der Waals surface area contributed by atoms with Gasteiger partial charge in [-0.15, -0.1) is 0 Å². The van der Waals surface area contributed by atoms with E-state index in [1.54, 1.807) is 36.4 Å². The molecule has 0 N–H and O–H groups in total. The summed E-state index contributed by atoms with van der Waals surface area (Å²) in [5.74, 6) is 0. The van der Waals surface area contributed by atoms with Gasteiger partial charge in [-0.3, -0.25) is 9.36 Å². The summed E-state index contributed by atoms with van der Waals surface area (Å²) in [6.07, 6.45) is 1.09. The lowest BCUT2D eigenvalue weighted by Gasteiger charge is -2.10. The maximum absolute atomic E-state index is 12.6. The fraction of sp³-hybridized carbons (Fsp3) is 0.118. The summed E-state index contributed by atoms with van der Waals surface area (Å²) in [6.45, 7) is 0.204. The zero-order chi connectivity index (χ0) is 18.8. The number of hydrogen-bond donors (Lipinski definition) is 0. The summed E-state index contributed by atoms with van der Waals surface area (Å²) in [7, 11) is 0. The Bertz CT molecular complexity index is 1090. The van der Waals surface area contributed by atoms with E-state index in [9.17, 15) is 9.59 Å². The number of nitrogens with zero attached hydrogens (tertiary/aromatic N) is 3. The molecule has 134 valence electrons. The van der Waals surface area contributed by atoms with Crippen LogP contribution in [0, 0.1) is 0 Å². The van der Waals surface area contributed by atoms with Crippen molar-refractivity contribution in [2.24, 2.45) is 0 Å². The Balaban J connectivity index is 1.95. The minimum atomic E-state index is -0.547. The molecule has 0 unspecified atom stereocenters. The highest BCUT2D eigenvalue weighted by atomic mass is 35.5. The van der Waals surface area contributed by atoms with Crippen molar-refractivity contribution in [1.82, 2.24) is 14.3 Å². The third-order valence-corrected chi connectivity index (χ3v) is 5.14. The van der Waals surface area contributed by atoms with Gasteiger partial charge in [0.25, 0.3) is 5.56 Å². The minimum Gasteiger partial charge on any atom is -0.267 e. The molecule has 9 heteroatoms. The van der Waals surface area contributed by atoms with Crippen molar-refractivity contribution in [2.45, 2.75) is 13.1 Å². The maximum atomic E-state index is 12.6. The second-order valence-corrected chi connectivity index (χ2v) is 7.13. The first kappa shape index (κ1) is 19.0. The standard InChI is InChI=1S/C17H11Cl4N3O2/c18-12-3-1-10(5-14(12)20)8-23-16(25)7-22-24(17(23)26)9-11-2-4-13(19)15(21)6-11/h1-7H,8-9H2. The fourth-order valence-electron chi connectivity index (χ4n) is 2.36. The molecule has 0 aliphatic heterocycles. The van der Waals surface area contributed by atoms with Crippen molar-refractivity contribution in [3.8, 4) is 0 Å². The van der Waals surface area contributed by atoms with Gasteiger partial charge in [0, 0.05) is 0 Å². The van der Waals surface area contributed by atoms with Gasteiger partial charge in [-0.25, -0.2) is 9.48 Å². The van der Waals surface area contributed by atoms with Crippen LogP contribution < -0.4 is 11.2 Å². The number of aromatic nitrogens is 3. The normalized spacial score (nSPS) is 10.9. The van der Waals surface area contributed by atoms with Crippen LogP contribution >= 0.6 is 46.4 Å². The molecular formula is C17H11Cl4N3O2. The van der Waals surface area contributed by atoms with Gasteiger partial charge in [-0.1, -0.05) is 58.5 Å². The Morgan fingerprint density at radius 3 is 1.85 bits per heavy atom. The summed E-state index contributed by atoms with van der Waals surface area (Å²) in [5.41, 5.74) is 0.348. The van der Waals surface area contributed by atoms with E-state index in [1.165, 1.54) is 4.68 Å². The maximum Gasteiger partial charge on any atom is 0.348 e. The lowest BCUT2D eigenvalue weighted by Crippen LogP contribution is -2.41. The second-order valence-electron chi connectivity index (χ2n) is 5.51. The quantitative estimate of drug-likeness (QED) is 0.625. The van der Waals surface area contributed by atoms with Crippen molar-refractivity contribution >= 4 is 46.4 Å². The second kappa shape index (κ2) is 7.84. The molecule has 0 saturated heterocycles. The first-order valence-electron chi connectivity index (χ1n) is 7.40. The molecular weight excluding hydrogens is 420 g/mol. The van der Waals surface area contributed by atoms with Crippen LogP contribution in [0.5, 0.6) is 0 Å². The van der Waals surface area contributed by atoms with Gasteiger partial charge in [0.15, 0.2) is 0 Å². The largest absolute Gasteiger partial charge is 0.348 e. The van der Waals surface area contributed by atoms with Crippen molar-refractivity contribution in [3.63, 3.8) is 0 Å². The number of halogens is 4. The summed E-state index contributed by atoms with van der Waals surface area (Å²) in [5, 5.41) is 5.45. The monoisotopic (exact) mass is 429 g/mol. The van der Waals surface area contributed by atoms with Crippen LogP contribution in [0.1, 0.15) is 11.1 Å². The molecule has 0 aliphatic carbocycles. The molecule has 0 bridgehead atoms. The Kier molecular flexibility index (Phi) is 5.73. The fourth-order valence-corrected chi connectivity index (χ4v) is 3.00. The first-order valence-corrected chi connectivity index (χ1v) is 8.91. The van der Waals surface area contributed by atoms with Gasteiger partial charge in [-0.2, -0.15) is 5.10 Å². The van der Waals surface area contributed by atoms with E-state index in [4.69, 9.17) is 46.4 Å². The van der Waals surface area contributed by atoms with E-state index < -0.39 is 11.2 Å². The SMILES string of the molecule is O=c1cnn(Cc2ccc(Cl)c(Cl)c2)c(=O)n1Cc1ccc(Cl)c(Cl)c1. The molecule has 0 aliphatic rings. The zero-order valence-corrected chi connectivity index (χ0v) is 16.1. The Hall–Kier alpha value is -1.79. The van der Waals surface area contributed by atoms with Crippen LogP contribution in [0.25, 0.3) is 0 Å². The average molecular weight is 431 g/mol. The van der Waals surface area contributed by atoms with E-state index >= 15 is 0 Å². The van der Waals surface area contributed by atoms with Gasteiger partial charge in [0.05, 0.1) is 33.2 Å². The van der Waals surface area contributed by atoms with Crippen molar-refractivity contribution in [2.75, 3.05) is 0 Å². The molecule has 5 nitrogen and oxygen atoms in total. The number of hydrogen-bond acceptors (Lipinski definition) is 3. The molecule has 0 saturated carbocycles. The van der Waals surface area contributed by atoms with E-state index in [-0.39, 0.29) is 13.1 Å². The Morgan fingerprint density at radius 2 is 1.31 bits per heavy atom. The van der Waals surface area contributed by atoms with Crippen LogP contribution in [0.4, 0.5) is 0 Å². The minimum absolute atomic E-state index is 0.0540. The third kappa shape index (κ3) is 4.13. The number of rotatable bonds is 4. The van der Waals surface area contributed by atoms with Crippen molar-refractivity contribution < 1.29 is 0 Å². The van der Waals surface area contributed by atoms with Crippen LogP contribution in [-0.2, 0) is 13.1 Å². The van der Waals surface area contributed by atoms with Gasteiger partial charge < -0.3 is 0 Å². The lowest BCUT2D eigenvalue weighted by molar-refractivity contribution is 0.541. The van der Waals surface area contributed by atoms with Gasteiger partial charge >= 0.3 is 5.69 Å². The summed E-state index contributed by atoms with van der Waals surface area (Å²) in [4.78, 5) is 24.7. The predicted octanol–water partition coefficient (Wildman–Crippen LogP) is 4.12. The molecule has 0 spiro atoms. The van der Waals surface area contributed by atoms with Crippen LogP contribution in [0.2, 0.25) is 20.1 Å². The van der Waals surface area contributed by atoms with Crippen molar-refractivity contribution in [1.29, 1.82) is 0 Å². The molecule has 3 aromatic rings. The molecule has 0 atom stereocenters. The highest BCUT2D eigenvalue weighted by Crippen LogP contribution is 2.23. The molecule has 1 heterocycles. The Morgan fingerprint density at radius 1 is 0.769 bits per heavy atom. The lowest BCUT2D eigenvalue weighted by atomic mass is 10.2. The predicted molar refractivity (Wildman–Crippen MR) is 104 cm³/mol. The summed E-state index contributed by atoms with van der Waals surface area (Å²) >= 11 is 23.8. The Labute approximate surface area is 168 Å². The molecule has 0 radical (unpaired) electrons. The topological polar surface area (TPSA) is 56.9 Å². The summed E-state index contributed by atoms with van der Waals surface area (Å²) in [6, 6.07) is 9.93. The average Bonchev–Trinajstić information content (AvgIpc) is 2.60. The third-order valence-electron chi connectivity index (χ3n) is 3.67. The smallest absolute Gasteiger partial charge is 0.267 e. The van der Waals surface area contributed by atoms with Crippen molar-refractivity contribution in [3.05, 3.63) is 94.7 Å². The van der Waals surface area contributed by atoms with E-state index in [0.717, 1.165) is 16.3 Å². The zero-order valence-electron chi connectivity index (χ0n) is 13.1. The van der Waals surface area contributed by atoms with E-state index in [1.807, 2.05) is 0 Å². The van der Waals surface area contributed by atoms with Gasteiger partial charge in [-0.05, 0) is 35.4 Å². The molecule has 0 amide bonds. The van der Waals surface area contributed by atoms with Gasteiger partial charge in [0.2, 0.25) is 0 Å². The molecule has 3 rings (SSSR count). The molecule has 2 aromatic carbocycles. The summed E-state index contributed by atoms with van der Waals surface area (Å²) < 4.78 is 2.25. The van der Waals surface area contributed by atoms with Gasteiger partial charge in [0.1, 0.15) is 6.20 Å². The van der Waals surface area contributed by atoms with E-state index in [0.29, 0.717) is 25.7 Å².